The van der Waals surface area contributed by atoms with Crippen LogP contribution >= 0.6 is 23.8 Å². The molecule has 0 spiro atoms. The molecule has 0 atom stereocenters. The summed E-state index contributed by atoms with van der Waals surface area (Å²) in [4.78, 5) is 4.52. The Labute approximate surface area is 142 Å². The molecule has 4 rings (SSSR count). The lowest BCUT2D eigenvalue weighted by atomic mass is 10.1. The minimum atomic E-state index is 0.511. The van der Waals surface area contributed by atoms with Gasteiger partial charge in [0.05, 0.1) is 5.69 Å². The van der Waals surface area contributed by atoms with E-state index in [0.29, 0.717) is 15.6 Å². The van der Waals surface area contributed by atoms with Crippen molar-refractivity contribution in [2.75, 3.05) is 0 Å². The van der Waals surface area contributed by atoms with Crippen LogP contribution in [0, 0.1) is 4.77 Å². The van der Waals surface area contributed by atoms with Crippen LogP contribution in [0.4, 0.5) is 0 Å². The van der Waals surface area contributed by atoms with Crippen molar-refractivity contribution < 1.29 is 0 Å². The van der Waals surface area contributed by atoms with Crippen molar-refractivity contribution >= 4 is 34.6 Å². The number of H-pyrrole nitrogens is 1. The van der Waals surface area contributed by atoms with Crippen LogP contribution < -0.4 is 0 Å². The van der Waals surface area contributed by atoms with E-state index in [2.05, 4.69) is 21.2 Å². The summed E-state index contributed by atoms with van der Waals surface area (Å²) in [6.07, 6.45) is 1.78. The average molecular weight is 339 g/mol. The average Bonchev–Trinajstić information content (AvgIpc) is 2.96. The van der Waals surface area contributed by atoms with Gasteiger partial charge in [-0.15, -0.1) is 0 Å². The molecule has 0 unspecified atom stereocenters. The molecular formula is C17H11ClN4S. The van der Waals surface area contributed by atoms with Crippen molar-refractivity contribution in [3.63, 3.8) is 0 Å². The highest BCUT2D eigenvalue weighted by atomic mass is 35.5. The van der Waals surface area contributed by atoms with Gasteiger partial charge in [0.15, 0.2) is 10.6 Å². The van der Waals surface area contributed by atoms with E-state index in [1.807, 2.05) is 53.1 Å². The van der Waals surface area contributed by atoms with E-state index < -0.39 is 0 Å². The van der Waals surface area contributed by atoms with Gasteiger partial charge in [-0.25, -0.2) is 0 Å². The predicted molar refractivity (Wildman–Crippen MR) is 94.5 cm³/mol. The van der Waals surface area contributed by atoms with E-state index in [9.17, 15) is 0 Å². The van der Waals surface area contributed by atoms with E-state index in [-0.39, 0.29) is 0 Å². The molecule has 4 aromatic rings. The molecule has 6 heteroatoms. The van der Waals surface area contributed by atoms with Gasteiger partial charge in [0.25, 0.3) is 0 Å². The summed E-state index contributed by atoms with van der Waals surface area (Å²) in [5.41, 5.74) is 1.67. The highest BCUT2D eigenvalue weighted by molar-refractivity contribution is 7.71. The molecule has 0 aliphatic carbocycles. The Morgan fingerprint density at radius 1 is 1.00 bits per heavy atom. The maximum atomic E-state index is 5.98. The summed E-state index contributed by atoms with van der Waals surface area (Å²) in [7, 11) is 0. The Bertz CT molecular complexity index is 1040. The summed E-state index contributed by atoms with van der Waals surface area (Å²) in [5.74, 6) is 0.675. The van der Waals surface area contributed by atoms with Gasteiger partial charge >= 0.3 is 0 Å². The number of aromatic amines is 1. The SMILES string of the molecule is S=c1[nH]nc(-c2nccc3ccccc23)n1-c1ccc(Cl)cc1. The van der Waals surface area contributed by atoms with Gasteiger partial charge in [-0.2, -0.15) is 5.10 Å². The molecule has 2 aromatic carbocycles. The van der Waals surface area contributed by atoms with Crippen molar-refractivity contribution in [1.82, 2.24) is 19.7 Å². The number of rotatable bonds is 2. The molecule has 0 saturated heterocycles. The molecule has 0 aliphatic heterocycles. The molecule has 112 valence electrons. The number of benzene rings is 2. The lowest BCUT2D eigenvalue weighted by molar-refractivity contribution is 1.03. The van der Waals surface area contributed by atoms with Crippen LogP contribution in [0.3, 0.4) is 0 Å². The summed E-state index contributed by atoms with van der Waals surface area (Å²) in [5, 5.41) is 10.0. The third-order valence-corrected chi connectivity index (χ3v) is 4.17. The fourth-order valence-corrected chi connectivity index (χ4v) is 2.95. The normalized spacial score (nSPS) is 11.0. The van der Waals surface area contributed by atoms with Crippen LogP contribution in [-0.2, 0) is 0 Å². The molecule has 0 aliphatic rings. The number of fused-ring (bicyclic) bond motifs is 1. The number of halogens is 1. The number of nitrogens with zero attached hydrogens (tertiary/aromatic N) is 3. The molecule has 23 heavy (non-hydrogen) atoms. The minimum absolute atomic E-state index is 0.511. The van der Waals surface area contributed by atoms with Gasteiger partial charge in [0, 0.05) is 16.6 Å². The third kappa shape index (κ3) is 2.44. The first-order valence-electron chi connectivity index (χ1n) is 7.01. The van der Waals surface area contributed by atoms with E-state index in [1.54, 1.807) is 6.20 Å². The molecule has 0 amide bonds. The topological polar surface area (TPSA) is 46.5 Å². The van der Waals surface area contributed by atoms with Gasteiger partial charge < -0.3 is 0 Å². The van der Waals surface area contributed by atoms with Crippen LogP contribution in [0.15, 0.2) is 60.8 Å². The van der Waals surface area contributed by atoms with E-state index >= 15 is 0 Å². The number of pyridine rings is 1. The number of nitrogens with one attached hydrogen (secondary N) is 1. The minimum Gasteiger partial charge on any atom is -0.267 e. The summed E-state index contributed by atoms with van der Waals surface area (Å²) in [6, 6.07) is 17.5. The van der Waals surface area contributed by atoms with Gasteiger partial charge in [0.1, 0.15) is 5.69 Å². The van der Waals surface area contributed by atoms with Crippen molar-refractivity contribution in [3.05, 3.63) is 70.6 Å². The number of hydrogen-bond donors (Lipinski definition) is 1. The summed E-state index contributed by atoms with van der Waals surface area (Å²) in [6.45, 7) is 0. The maximum Gasteiger partial charge on any atom is 0.200 e. The Morgan fingerprint density at radius 2 is 1.78 bits per heavy atom. The van der Waals surface area contributed by atoms with Crippen molar-refractivity contribution in [2.45, 2.75) is 0 Å². The van der Waals surface area contributed by atoms with Crippen LogP contribution in [-0.4, -0.2) is 19.7 Å². The molecule has 2 heterocycles. The zero-order valence-corrected chi connectivity index (χ0v) is 13.5. The standard InChI is InChI=1S/C17H11ClN4S/c18-12-5-7-13(8-6-12)22-16(20-21-17(22)23)15-14-4-2-1-3-11(14)9-10-19-15/h1-10H,(H,21,23). The van der Waals surface area contributed by atoms with Crippen LogP contribution in [0.2, 0.25) is 5.02 Å². The maximum absolute atomic E-state index is 5.98. The van der Waals surface area contributed by atoms with Gasteiger partial charge in [0.2, 0.25) is 0 Å². The van der Waals surface area contributed by atoms with E-state index in [0.717, 1.165) is 22.2 Å². The van der Waals surface area contributed by atoms with E-state index in [4.69, 9.17) is 23.8 Å². The first-order valence-corrected chi connectivity index (χ1v) is 7.80. The molecule has 4 nitrogen and oxygen atoms in total. The zero-order chi connectivity index (χ0) is 15.8. The second-order valence-electron chi connectivity index (χ2n) is 5.04. The third-order valence-electron chi connectivity index (χ3n) is 3.64. The predicted octanol–water partition coefficient (Wildman–Crippen LogP) is 4.80. The lowest BCUT2D eigenvalue weighted by Gasteiger charge is -2.08. The molecule has 2 aromatic heterocycles. The molecule has 0 saturated carbocycles. The highest BCUT2D eigenvalue weighted by Crippen LogP contribution is 2.27. The molecular weight excluding hydrogens is 328 g/mol. The van der Waals surface area contributed by atoms with Crippen molar-refractivity contribution in [3.8, 4) is 17.2 Å². The Morgan fingerprint density at radius 3 is 2.61 bits per heavy atom. The fourth-order valence-electron chi connectivity index (χ4n) is 2.58. The number of aromatic nitrogens is 4. The lowest BCUT2D eigenvalue weighted by Crippen LogP contribution is -1.99. The van der Waals surface area contributed by atoms with Crippen LogP contribution in [0.5, 0.6) is 0 Å². The first kappa shape index (κ1) is 14.1. The van der Waals surface area contributed by atoms with Gasteiger partial charge in [-0.1, -0.05) is 35.9 Å². The summed E-state index contributed by atoms with van der Waals surface area (Å²) < 4.78 is 2.37. The second kappa shape index (κ2) is 5.61. The van der Waals surface area contributed by atoms with Crippen LogP contribution in [0.25, 0.3) is 28.0 Å². The van der Waals surface area contributed by atoms with E-state index in [1.165, 1.54) is 0 Å². The van der Waals surface area contributed by atoms with Crippen molar-refractivity contribution in [2.24, 2.45) is 0 Å². The second-order valence-corrected chi connectivity index (χ2v) is 5.87. The fraction of sp³-hybridized carbons (Fsp3) is 0. The Kier molecular flexibility index (Phi) is 3.44. The van der Waals surface area contributed by atoms with Crippen molar-refractivity contribution in [1.29, 1.82) is 0 Å². The Balaban J connectivity index is 2.00. The van der Waals surface area contributed by atoms with Crippen LogP contribution in [0.1, 0.15) is 0 Å². The smallest absolute Gasteiger partial charge is 0.200 e. The largest absolute Gasteiger partial charge is 0.267 e. The monoisotopic (exact) mass is 338 g/mol. The molecule has 0 radical (unpaired) electrons. The zero-order valence-electron chi connectivity index (χ0n) is 11.9. The molecule has 0 fully saturated rings. The molecule has 1 N–H and O–H groups in total. The summed E-state index contributed by atoms with van der Waals surface area (Å²) >= 11 is 11.4. The van der Waals surface area contributed by atoms with Gasteiger partial charge in [-0.3, -0.25) is 14.6 Å². The quantitative estimate of drug-likeness (QED) is 0.534. The Hall–Kier alpha value is -2.50. The van der Waals surface area contributed by atoms with Gasteiger partial charge in [-0.05, 0) is 47.9 Å². The highest BCUT2D eigenvalue weighted by Gasteiger charge is 2.14. The first-order chi connectivity index (χ1) is 11.2. The molecule has 0 bridgehead atoms. The number of hydrogen-bond acceptors (Lipinski definition) is 3.